The average Bonchev–Trinajstić information content (AvgIpc) is 2.83. The largest absolute Gasteiger partial charge is 0.391 e. The average molecular weight is 329 g/mol. The molecule has 1 saturated heterocycles. The van der Waals surface area contributed by atoms with Crippen molar-refractivity contribution in [3.8, 4) is 6.07 Å². The van der Waals surface area contributed by atoms with Crippen LogP contribution in [0, 0.1) is 25.2 Å². The van der Waals surface area contributed by atoms with Gasteiger partial charge in [-0.2, -0.15) is 5.26 Å². The summed E-state index contributed by atoms with van der Waals surface area (Å²) in [5.41, 5.74) is 3.29. The van der Waals surface area contributed by atoms with Crippen LogP contribution in [0.2, 0.25) is 0 Å². The minimum absolute atomic E-state index is 0.139. The second-order valence-electron chi connectivity index (χ2n) is 6.55. The zero-order valence-electron chi connectivity index (χ0n) is 14.9. The number of likely N-dealkylation sites (tertiary alicyclic amines) is 1. The van der Waals surface area contributed by atoms with Crippen LogP contribution in [0.3, 0.4) is 0 Å². The maximum absolute atomic E-state index is 12.6. The molecule has 24 heavy (non-hydrogen) atoms. The topological polar surface area (TPSA) is 69.3 Å². The number of nitrogens with zero attached hydrogens (tertiary/aromatic N) is 3. The van der Waals surface area contributed by atoms with Gasteiger partial charge < -0.3 is 14.6 Å². The Morgan fingerprint density at radius 1 is 1.50 bits per heavy atom. The molecule has 1 aliphatic rings. The number of aromatic nitrogens is 1. The van der Waals surface area contributed by atoms with Crippen LogP contribution in [0.15, 0.2) is 11.6 Å². The molecule has 1 aliphatic heterocycles. The summed E-state index contributed by atoms with van der Waals surface area (Å²) in [5.74, 6) is -0.283. The van der Waals surface area contributed by atoms with Crippen molar-refractivity contribution in [2.45, 2.75) is 59.1 Å². The van der Waals surface area contributed by atoms with Crippen LogP contribution in [0.1, 0.15) is 49.6 Å². The fourth-order valence-corrected chi connectivity index (χ4v) is 3.24. The van der Waals surface area contributed by atoms with Gasteiger partial charge in [-0.25, -0.2) is 0 Å². The quantitative estimate of drug-likeness (QED) is 0.667. The Labute approximate surface area is 144 Å². The maximum atomic E-state index is 12.6. The summed E-state index contributed by atoms with van der Waals surface area (Å²) in [6, 6.07) is 4.07. The van der Waals surface area contributed by atoms with Gasteiger partial charge in [-0.3, -0.25) is 4.79 Å². The molecular weight excluding hydrogens is 302 g/mol. The van der Waals surface area contributed by atoms with E-state index in [2.05, 4.69) is 18.4 Å². The standard InChI is InChI=1S/C19H27N3O2/c1-4-5-9-22-14(2)10-16(15(22)3)11-17(12-20)19(24)21-8-6-7-18(23)13-21/h10-11,18,23H,4-9,13H2,1-3H3. The smallest absolute Gasteiger partial charge is 0.264 e. The highest BCUT2D eigenvalue weighted by molar-refractivity contribution is 6.01. The van der Waals surface area contributed by atoms with Crippen molar-refractivity contribution in [1.82, 2.24) is 9.47 Å². The van der Waals surface area contributed by atoms with Crippen molar-refractivity contribution in [2.75, 3.05) is 13.1 Å². The molecule has 0 radical (unpaired) electrons. The molecule has 1 unspecified atom stereocenters. The lowest BCUT2D eigenvalue weighted by Crippen LogP contribution is -2.42. The molecule has 0 bridgehead atoms. The Morgan fingerprint density at radius 3 is 2.88 bits per heavy atom. The SMILES string of the molecule is CCCCn1c(C)cc(C=C(C#N)C(=O)N2CCCC(O)C2)c1C. The van der Waals surface area contributed by atoms with E-state index in [4.69, 9.17) is 0 Å². The Morgan fingerprint density at radius 2 is 2.25 bits per heavy atom. The van der Waals surface area contributed by atoms with Gasteiger partial charge >= 0.3 is 0 Å². The van der Waals surface area contributed by atoms with Gasteiger partial charge in [-0.15, -0.1) is 0 Å². The number of unbranched alkanes of at least 4 members (excludes halogenated alkanes) is 1. The third-order valence-corrected chi connectivity index (χ3v) is 4.68. The number of aryl methyl sites for hydroxylation is 1. The van der Waals surface area contributed by atoms with Gasteiger partial charge in [-0.1, -0.05) is 13.3 Å². The van der Waals surface area contributed by atoms with E-state index in [1.54, 1.807) is 11.0 Å². The fourth-order valence-electron chi connectivity index (χ4n) is 3.24. The van der Waals surface area contributed by atoms with Crippen molar-refractivity contribution in [1.29, 1.82) is 5.26 Å². The molecular formula is C19H27N3O2. The normalized spacial score (nSPS) is 18.5. The highest BCUT2D eigenvalue weighted by Gasteiger charge is 2.24. The fraction of sp³-hybridized carbons (Fsp3) is 0.579. The molecule has 1 atom stereocenters. The molecule has 130 valence electrons. The van der Waals surface area contributed by atoms with Crippen molar-refractivity contribution in [3.05, 3.63) is 28.6 Å². The van der Waals surface area contributed by atoms with Gasteiger partial charge in [-0.05, 0) is 50.8 Å². The van der Waals surface area contributed by atoms with Gasteiger partial charge in [0.05, 0.1) is 6.10 Å². The zero-order chi connectivity index (χ0) is 17.7. The molecule has 0 saturated carbocycles. The predicted molar refractivity (Wildman–Crippen MR) is 94.2 cm³/mol. The number of carbonyl (C=O) groups is 1. The van der Waals surface area contributed by atoms with Crippen molar-refractivity contribution in [3.63, 3.8) is 0 Å². The first kappa shape index (κ1) is 18.3. The van der Waals surface area contributed by atoms with E-state index in [9.17, 15) is 15.2 Å². The molecule has 5 nitrogen and oxygen atoms in total. The Kier molecular flexibility index (Phi) is 6.22. The number of β-amino-alcohol motifs (C(OH)–C–C–N with tert-alkyl or cyclic N) is 1. The number of aliphatic hydroxyl groups is 1. The van der Waals surface area contributed by atoms with Crippen LogP contribution in [0.5, 0.6) is 0 Å². The number of hydrogen-bond acceptors (Lipinski definition) is 3. The Hall–Kier alpha value is -2.06. The number of piperidine rings is 1. The lowest BCUT2D eigenvalue weighted by Gasteiger charge is -2.29. The minimum atomic E-state index is -0.484. The molecule has 5 heteroatoms. The molecule has 1 N–H and O–H groups in total. The molecule has 1 fully saturated rings. The van der Waals surface area contributed by atoms with Gasteiger partial charge in [0.15, 0.2) is 0 Å². The third kappa shape index (κ3) is 4.07. The van der Waals surface area contributed by atoms with Gasteiger partial charge in [0.1, 0.15) is 11.6 Å². The van der Waals surface area contributed by atoms with E-state index in [-0.39, 0.29) is 11.5 Å². The van der Waals surface area contributed by atoms with Crippen molar-refractivity contribution in [2.24, 2.45) is 0 Å². The molecule has 0 spiro atoms. The first-order chi connectivity index (χ1) is 11.5. The molecule has 0 aromatic carbocycles. The highest BCUT2D eigenvalue weighted by Crippen LogP contribution is 2.20. The number of aliphatic hydroxyl groups excluding tert-OH is 1. The first-order valence-corrected chi connectivity index (χ1v) is 8.73. The van der Waals surface area contributed by atoms with Gasteiger partial charge in [0.2, 0.25) is 0 Å². The van der Waals surface area contributed by atoms with E-state index in [0.717, 1.165) is 42.8 Å². The maximum Gasteiger partial charge on any atom is 0.264 e. The number of amides is 1. The summed E-state index contributed by atoms with van der Waals surface area (Å²) in [7, 11) is 0. The summed E-state index contributed by atoms with van der Waals surface area (Å²) in [5, 5.41) is 19.2. The number of carbonyl (C=O) groups excluding carboxylic acids is 1. The van der Waals surface area contributed by atoms with E-state index in [0.29, 0.717) is 19.5 Å². The second-order valence-corrected chi connectivity index (χ2v) is 6.55. The van der Waals surface area contributed by atoms with Crippen LogP contribution < -0.4 is 0 Å². The molecule has 0 aliphatic carbocycles. The predicted octanol–water partition coefficient (Wildman–Crippen LogP) is 2.80. The van der Waals surface area contributed by atoms with Crippen molar-refractivity contribution >= 4 is 12.0 Å². The molecule has 1 amide bonds. The Balaban J connectivity index is 2.24. The van der Waals surface area contributed by atoms with E-state index >= 15 is 0 Å². The minimum Gasteiger partial charge on any atom is -0.391 e. The molecule has 2 heterocycles. The lowest BCUT2D eigenvalue weighted by molar-refractivity contribution is -0.129. The highest BCUT2D eigenvalue weighted by atomic mass is 16.3. The molecule has 1 aromatic heterocycles. The summed E-state index contributed by atoms with van der Waals surface area (Å²) in [6.45, 7) is 8.11. The van der Waals surface area contributed by atoms with Crippen LogP contribution in [0.4, 0.5) is 0 Å². The lowest BCUT2D eigenvalue weighted by atomic mass is 10.1. The van der Waals surface area contributed by atoms with Crippen molar-refractivity contribution < 1.29 is 9.90 Å². The zero-order valence-corrected chi connectivity index (χ0v) is 14.9. The first-order valence-electron chi connectivity index (χ1n) is 8.73. The number of rotatable bonds is 5. The third-order valence-electron chi connectivity index (χ3n) is 4.68. The van der Waals surface area contributed by atoms with E-state index in [1.165, 1.54) is 0 Å². The Bertz CT molecular complexity index is 667. The summed E-state index contributed by atoms with van der Waals surface area (Å²) in [4.78, 5) is 14.2. The van der Waals surface area contributed by atoms with Gasteiger partial charge in [0, 0.05) is 31.0 Å². The number of nitriles is 1. The molecule has 2 rings (SSSR count). The summed E-state index contributed by atoms with van der Waals surface area (Å²) >= 11 is 0. The van der Waals surface area contributed by atoms with Crippen LogP contribution in [-0.4, -0.2) is 39.7 Å². The second kappa shape index (κ2) is 8.16. The monoisotopic (exact) mass is 329 g/mol. The molecule has 1 aromatic rings. The summed E-state index contributed by atoms with van der Waals surface area (Å²) < 4.78 is 2.24. The van der Waals surface area contributed by atoms with Crippen LogP contribution >= 0.6 is 0 Å². The van der Waals surface area contributed by atoms with E-state index in [1.807, 2.05) is 19.1 Å². The summed E-state index contributed by atoms with van der Waals surface area (Å²) in [6.07, 6.45) is 4.93. The van der Waals surface area contributed by atoms with Crippen LogP contribution in [0.25, 0.3) is 6.08 Å². The van der Waals surface area contributed by atoms with Gasteiger partial charge in [0.25, 0.3) is 5.91 Å². The van der Waals surface area contributed by atoms with E-state index < -0.39 is 6.10 Å². The van der Waals surface area contributed by atoms with Crippen LogP contribution in [-0.2, 0) is 11.3 Å². The number of hydrogen-bond donors (Lipinski definition) is 1.